The minimum Gasteiger partial charge on any atom is -0.298 e. The van der Waals surface area contributed by atoms with Crippen LogP contribution in [-0.2, 0) is 16.6 Å². The van der Waals surface area contributed by atoms with Crippen molar-refractivity contribution in [3.63, 3.8) is 0 Å². The normalized spacial score (nSPS) is 15.9. The van der Waals surface area contributed by atoms with E-state index in [4.69, 9.17) is 0 Å². The Bertz CT molecular complexity index is 964. The first-order valence-electron chi connectivity index (χ1n) is 9.56. The molecule has 1 amide bonds. The van der Waals surface area contributed by atoms with E-state index in [1.165, 1.54) is 42.4 Å². The number of sulfonamides is 1. The van der Waals surface area contributed by atoms with E-state index in [2.05, 4.69) is 33.4 Å². The SMILES string of the molecule is C=CCNS(=O)(=O)c1cccc(C(=O)Nc2nc(CN3CCC(C)CC3)cs2)c1. The second kappa shape index (κ2) is 9.62. The number of benzene rings is 1. The fourth-order valence-electron chi connectivity index (χ4n) is 3.11. The first kappa shape index (κ1) is 21.6. The largest absolute Gasteiger partial charge is 0.298 e. The second-order valence-corrected chi connectivity index (χ2v) is 9.85. The number of aromatic nitrogens is 1. The van der Waals surface area contributed by atoms with Gasteiger partial charge in [0.1, 0.15) is 0 Å². The zero-order chi connectivity index (χ0) is 20.9. The van der Waals surface area contributed by atoms with Gasteiger partial charge < -0.3 is 0 Å². The lowest BCUT2D eigenvalue weighted by molar-refractivity contribution is 0.102. The Kier molecular flexibility index (Phi) is 7.18. The van der Waals surface area contributed by atoms with E-state index in [0.29, 0.717) is 5.13 Å². The van der Waals surface area contributed by atoms with Crippen LogP contribution >= 0.6 is 11.3 Å². The van der Waals surface area contributed by atoms with Crippen LogP contribution in [0.1, 0.15) is 35.8 Å². The molecule has 1 aromatic heterocycles. The summed E-state index contributed by atoms with van der Waals surface area (Å²) in [5.41, 5.74) is 1.19. The van der Waals surface area contributed by atoms with Crippen molar-refractivity contribution in [3.05, 3.63) is 53.6 Å². The van der Waals surface area contributed by atoms with Crippen LogP contribution in [0.5, 0.6) is 0 Å². The maximum absolute atomic E-state index is 12.6. The quantitative estimate of drug-likeness (QED) is 0.623. The van der Waals surface area contributed by atoms with Crippen molar-refractivity contribution in [1.82, 2.24) is 14.6 Å². The molecule has 0 spiro atoms. The van der Waals surface area contributed by atoms with Crippen LogP contribution in [0.2, 0.25) is 0 Å². The number of carbonyl (C=O) groups is 1. The van der Waals surface area contributed by atoms with Gasteiger partial charge in [0.2, 0.25) is 10.0 Å². The number of nitrogens with one attached hydrogen (secondary N) is 2. The zero-order valence-corrected chi connectivity index (χ0v) is 18.1. The molecule has 3 rings (SSSR count). The molecule has 7 nitrogen and oxygen atoms in total. The molecule has 0 unspecified atom stereocenters. The molecule has 1 fully saturated rings. The number of amides is 1. The summed E-state index contributed by atoms with van der Waals surface area (Å²) in [5, 5.41) is 5.22. The highest BCUT2D eigenvalue weighted by molar-refractivity contribution is 7.89. The van der Waals surface area contributed by atoms with E-state index in [1.807, 2.05) is 5.38 Å². The molecule has 2 N–H and O–H groups in total. The summed E-state index contributed by atoms with van der Waals surface area (Å²) in [5.74, 6) is 0.390. The van der Waals surface area contributed by atoms with E-state index < -0.39 is 15.9 Å². The summed E-state index contributed by atoms with van der Waals surface area (Å²) < 4.78 is 26.9. The Morgan fingerprint density at radius 2 is 2.14 bits per heavy atom. The highest BCUT2D eigenvalue weighted by Crippen LogP contribution is 2.21. The molecule has 0 bridgehead atoms. The highest BCUT2D eigenvalue weighted by Gasteiger charge is 2.18. The number of hydrogen-bond acceptors (Lipinski definition) is 6. The maximum Gasteiger partial charge on any atom is 0.257 e. The van der Waals surface area contributed by atoms with Gasteiger partial charge in [0, 0.05) is 24.0 Å². The third-order valence-electron chi connectivity index (χ3n) is 4.86. The number of carbonyl (C=O) groups excluding carboxylic acids is 1. The Hall–Kier alpha value is -2.07. The van der Waals surface area contributed by atoms with Gasteiger partial charge in [-0.3, -0.25) is 15.0 Å². The molecule has 9 heteroatoms. The molecule has 1 aliphatic heterocycles. The van der Waals surface area contributed by atoms with Gasteiger partial charge in [0.05, 0.1) is 10.6 Å². The summed E-state index contributed by atoms with van der Waals surface area (Å²) in [6.45, 7) is 8.82. The predicted octanol–water partition coefficient (Wildman–Crippen LogP) is 3.09. The van der Waals surface area contributed by atoms with Crippen molar-refractivity contribution in [2.24, 2.45) is 5.92 Å². The van der Waals surface area contributed by atoms with Crippen LogP contribution in [-0.4, -0.2) is 43.8 Å². The standard InChI is InChI=1S/C20H26N4O3S2/c1-3-9-21-29(26,27)18-6-4-5-16(12-18)19(25)23-20-22-17(14-28-20)13-24-10-7-15(2)8-11-24/h3-6,12,14-15,21H,1,7-11,13H2,2H3,(H,22,23,25). The van der Waals surface area contributed by atoms with Crippen LogP contribution in [0, 0.1) is 5.92 Å². The number of nitrogens with zero attached hydrogens (tertiary/aromatic N) is 2. The molecule has 1 aromatic carbocycles. The first-order chi connectivity index (χ1) is 13.9. The highest BCUT2D eigenvalue weighted by atomic mass is 32.2. The number of rotatable bonds is 8. The minimum absolute atomic E-state index is 0.0335. The van der Waals surface area contributed by atoms with Crippen molar-refractivity contribution in [2.75, 3.05) is 25.0 Å². The fraction of sp³-hybridized carbons (Fsp3) is 0.400. The number of hydrogen-bond donors (Lipinski definition) is 2. The van der Waals surface area contributed by atoms with E-state index in [1.54, 1.807) is 12.1 Å². The molecule has 29 heavy (non-hydrogen) atoms. The number of anilines is 1. The Balaban J connectivity index is 1.63. The molecule has 2 aromatic rings. The Morgan fingerprint density at radius 3 is 2.86 bits per heavy atom. The molecule has 1 aliphatic rings. The summed E-state index contributed by atoms with van der Waals surface area (Å²) in [6, 6.07) is 5.92. The zero-order valence-electron chi connectivity index (χ0n) is 16.4. The number of piperidine rings is 1. The third kappa shape index (κ3) is 5.96. The smallest absolute Gasteiger partial charge is 0.257 e. The van der Waals surface area contributed by atoms with Gasteiger partial charge in [-0.15, -0.1) is 17.9 Å². The van der Waals surface area contributed by atoms with Crippen molar-refractivity contribution in [2.45, 2.75) is 31.2 Å². The average Bonchev–Trinajstić information content (AvgIpc) is 3.15. The van der Waals surface area contributed by atoms with E-state index >= 15 is 0 Å². The van der Waals surface area contributed by atoms with Gasteiger partial charge in [-0.2, -0.15) is 0 Å². The molecule has 0 saturated carbocycles. The molecule has 1 saturated heterocycles. The predicted molar refractivity (Wildman–Crippen MR) is 116 cm³/mol. The van der Waals surface area contributed by atoms with Gasteiger partial charge in [-0.25, -0.2) is 18.1 Å². The van der Waals surface area contributed by atoms with Gasteiger partial charge in [-0.1, -0.05) is 19.1 Å². The summed E-state index contributed by atoms with van der Waals surface area (Å²) >= 11 is 1.37. The molecule has 0 radical (unpaired) electrons. The molecule has 156 valence electrons. The first-order valence-corrected chi connectivity index (χ1v) is 11.9. The summed E-state index contributed by atoms with van der Waals surface area (Å²) in [6.07, 6.45) is 3.86. The van der Waals surface area contributed by atoms with E-state index in [9.17, 15) is 13.2 Å². The fourth-order valence-corrected chi connectivity index (χ4v) is 4.85. The van der Waals surface area contributed by atoms with E-state index in [0.717, 1.165) is 31.2 Å². The number of likely N-dealkylation sites (tertiary alicyclic amines) is 1. The molecule has 0 atom stereocenters. The van der Waals surface area contributed by atoms with Gasteiger partial charge >= 0.3 is 0 Å². The lowest BCUT2D eigenvalue weighted by atomic mass is 9.99. The summed E-state index contributed by atoms with van der Waals surface area (Å²) in [7, 11) is -3.69. The molecular weight excluding hydrogens is 408 g/mol. The Morgan fingerprint density at radius 1 is 1.38 bits per heavy atom. The second-order valence-electron chi connectivity index (χ2n) is 7.23. The Labute approximate surface area is 175 Å². The third-order valence-corrected chi connectivity index (χ3v) is 7.09. The van der Waals surface area contributed by atoms with Crippen LogP contribution in [0.4, 0.5) is 5.13 Å². The van der Waals surface area contributed by atoms with Gasteiger partial charge in [-0.05, 0) is 50.0 Å². The number of thiazole rings is 1. The molecule has 0 aliphatic carbocycles. The topological polar surface area (TPSA) is 91.4 Å². The van der Waals surface area contributed by atoms with Crippen LogP contribution < -0.4 is 10.0 Å². The minimum atomic E-state index is -3.69. The van der Waals surface area contributed by atoms with Gasteiger partial charge in [0.25, 0.3) is 5.91 Å². The maximum atomic E-state index is 12.6. The summed E-state index contributed by atoms with van der Waals surface area (Å²) in [4.78, 5) is 19.5. The van der Waals surface area contributed by atoms with Crippen LogP contribution in [0.25, 0.3) is 0 Å². The van der Waals surface area contributed by atoms with E-state index in [-0.39, 0.29) is 17.0 Å². The lowest BCUT2D eigenvalue weighted by Gasteiger charge is -2.29. The molecular formula is C20H26N4O3S2. The van der Waals surface area contributed by atoms with Crippen LogP contribution in [0.3, 0.4) is 0 Å². The van der Waals surface area contributed by atoms with Crippen molar-refractivity contribution in [3.8, 4) is 0 Å². The van der Waals surface area contributed by atoms with Crippen molar-refractivity contribution >= 4 is 32.4 Å². The average molecular weight is 435 g/mol. The van der Waals surface area contributed by atoms with Crippen molar-refractivity contribution in [1.29, 1.82) is 0 Å². The molecule has 2 heterocycles. The van der Waals surface area contributed by atoms with Crippen molar-refractivity contribution < 1.29 is 13.2 Å². The van der Waals surface area contributed by atoms with Gasteiger partial charge in [0.15, 0.2) is 5.13 Å². The lowest BCUT2D eigenvalue weighted by Crippen LogP contribution is -2.32. The monoisotopic (exact) mass is 434 g/mol. The van der Waals surface area contributed by atoms with Crippen LogP contribution in [0.15, 0.2) is 47.2 Å².